The molecule has 0 N–H and O–H groups in total. The van der Waals surface area contributed by atoms with E-state index in [9.17, 15) is 4.79 Å². The highest BCUT2D eigenvalue weighted by molar-refractivity contribution is 6.31. The minimum absolute atomic E-state index is 0.0894. The molecule has 2 aliphatic rings. The molecule has 4 nitrogen and oxygen atoms in total. The van der Waals surface area contributed by atoms with Crippen LogP contribution in [-0.2, 0) is 11.2 Å². The highest BCUT2D eigenvalue weighted by Crippen LogP contribution is 2.51. The van der Waals surface area contributed by atoms with E-state index >= 15 is 0 Å². The second-order valence-corrected chi connectivity index (χ2v) is 8.79. The summed E-state index contributed by atoms with van der Waals surface area (Å²) in [5.41, 5.74) is 2.34. The van der Waals surface area contributed by atoms with E-state index < -0.39 is 0 Å². The molecule has 3 atom stereocenters. The summed E-state index contributed by atoms with van der Waals surface area (Å²) in [5.74, 6) is 2.19. The van der Waals surface area contributed by atoms with Crippen molar-refractivity contribution in [2.75, 3.05) is 20.8 Å². The zero-order valence-corrected chi connectivity index (χ0v) is 18.5. The maximum absolute atomic E-state index is 13.3. The summed E-state index contributed by atoms with van der Waals surface area (Å²) < 4.78 is 10.8. The Morgan fingerprint density at radius 2 is 1.90 bits per heavy atom. The van der Waals surface area contributed by atoms with Gasteiger partial charge in [-0.2, -0.15) is 0 Å². The summed E-state index contributed by atoms with van der Waals surface area (Å²) in [4.78, 5) is 15.5. The van der Waals surface area contributed by atoms with Crippen LogP contribution >= 0.6 is 11.6 Å². The van der Waals surface area contributed by atoms with Crippen LogP contribution in [0.1, 0.15) is 49.1 Å². The fourth-order valence-corrected chi connectivity index (χ4v) is 5.04. The van der Waals surface area contributed by atoms with Crippen molar-refractivity contribution in [1.82, 2.24) is 4.90 Å². The number of benzene rings is 2. The lowest BCUT2D eigenvalue weighted by molar-refractivity contribution is -0.136. The second-order valence-electron chi connectivity index (χ2n) is 8.38. The number of likely N-dealkylation sites (tertiary alicyclic amines) is 1. The zero-order valence-electron chi connectivity index (χ0n) is 17.8. The van der Waals surface area contributed by atoms with Crippen LogP contribution in [0.2, 0.25) is 5.02 Å². The first-order valence-electron chi connectivity index (χ1n) is 10.9. The van der Waals surface area contributed by atoms with Crippen LogP contribution in [0.5, 0.6) is 11.5 Å². The van der Waals surface area contributed by atoms with Gasteiger partial charge in [0.1, 0.15) is 0 Å². The molecule has 1 heterocycles. The Morgan fingerprint density at radius 1 is 1.10 bits per heavy atom. The molecular weight excluding hydrogens is 398 g/mol. The van der Waals surface area contributed by atoms with Crippen LogP contribution in [0.15, 0.2) is 42.5 Å². The number of nitrogens with zero attached hydrogens (tertiary/aromatic N) is 1. The number of carbonyl (C=O) groups excluding carboxylic acids is 1. The smallest absolute Gasteiger partial charge is 0.226 e. The molecule has 1 saturated heterocycles. The van der Waals surface area contributed by atoms with Crippen LogP contribution in [0, 0.1) is 5.92 Å². The molecule has 2 aromatic carbocycles. The van der Waals surface area contributed by atoms with Crippen LogP contribution in [0.25, 0.3) is 0 Å². The van der Waals surface area contributed by atoms with Crippen LogP contribution < -0.4 is 9.47 Å². The summed E-state index contributed by atoms with van der Waals surface area (Å²) in [6, 6.07) is 14.3. The van der Waals surface area contributed by atoms with Crippen LogP contribution in [-0.4, -0.2) is 37.6 Å². The van der Waals surface area contributed by atoms with Gasteiger partial charge in [0.25, 0.3) is 0 Å². The Labute approximate surface area is 184 Å². The number of hydrogen-bond donors (Lipinski definition) is 0. The Hall–Kier alpha value is -2.20. The van der Waals surface area contributed by atoms with E-state index in [2.05, 4.69) is 17.0 Å². The quantitative estimate of drug-likeness (QED) is 0.587. The topological polar surface area (TPSA) is 38.8 Å². The lowest BCUT2D eigenvalue weighted by Gasteiger charge is -2.36. The van der Waals surface area contributed by atoms with Gasteiger partial charge in [0.05, 0.1) is 14.2 Å². The van der Waals surface area contributed by atoms with Crippen molar-refractivity contribution in [2.24, 2.45) is 5.92 Å². The number of amides is 1. The Kier molecular flexibility index (Phi) is 6.52. The molecule has 1 amide bonds. The van der Waals surface area contributed by atoms with E-state index in [4.69, 9.17) is 21.1 Å². The maximum Gasteiger partial charge on any atom is 0.226 e. The molecule has 1 aliphatic heterocycles. The van der Waals surface area contributed by atoms with E-state index in [1.54, 1.807) is 14.2 Å². The van der Waals surface area contributed by atoms with Crippen molar-refractivity contribution in [3.63, 3.8) is 0 Å². The van der Waals surface area contributed by atoms with Crippen molar-refractivity contribution in [3.8, 4) is 11.5 Å². The predicted octanol–water partition coefficient (Wildman–Crippen LogP) is 5.47. The third-order valence-corrected chi connectivity index (χ3v) is 6.88. The highest BCUT2D eigenvalue weighted by Gasteiger charge is 2.47. The van der Waals surface area contributed by atoms with Gasteiger partial charge in [-0.05, 0) is 73.8 Å². The summed E-state index contributed by atoms with van der Waals surface area (Å²) in [5, 5.41) is 0.779. The number of methoxy groups -OCH3 is 2. The molecule has 0 radical (unpaired) electrons. The molecular formula is C25H30ClNO3. The standard InChI is InChI=1S/C25H30ClNO3/c1-29-23-13-11-17(15-24(23)30-2)10-12-18-7-5-6-14-27(18)25(28)21-16-20(21)19-8-3-4-9-22(19)26/h3-4,8-9,11,13,15,18,20-21H,5-7,10,12,14,16H2,1-2H3. The summed E-state index contributed by atoms with van der Waals surface area (Å²) in [6.45, 7) is 0.876. The Balaban J connectivity index is 1.40. The van der Waals surface area contributed by atoms with Gasteiger partial charge < -0.3 is 14.4 Å². The fraction of sp³-hybridized carbons (Fsp3) is 0.480. The average molecular weight is 428 g/mol. The SMILES string of the molecule is COc1ccc(CCC2CCCCN2C(=O)C2CC2c2ccccc2Cl)cc1OC. The van der Waals surface area contributed by atoms with Crippen LogP contribution in [0.4, 0.5) is 0 Å². The number of piperidine rings is 1. The number of aryl methyl sites for hydroxylation is 1. The molecule has 160 valence electrons. The normalized spacial score (nSPS) is 23.2. The van der Waals surface area contributed by atoms with Gasteiger partial charge in [-0.25, -0.2) is 0 Å². The first kappa shape index (κ1) is 21.0. The second kappa shape index (κ2) is 9.30. The number of ether oxygens (including phenoxy) is 2. The van der Waals surface area contributed by atoms with Gasteiger partial charge >= 0.3 is 0 Å². The summed E-state index contributed by atoms with van der Waals surface area (Å²) >= 11 is 6.36. The molecule has 0 bridgehead atoms. The monoisotopic (exact) mass is 427 g/mol. The number of hydrogen-bond acceptors (Lipinski definition) is 3. The molecule has 4 rings (SSSR count). The number of halogens is 1. The van der Waals surface area contributed by atoms with Crippen molar-refractivity contribution in [2.45, 2.75) is 50.5 Å². The van der Waals surface area contributed by atoms with E-state index in [1.165, 1.54) is 12.0 Å². The van der Waals surface area contributed by atoms with E-state index in [1.807, 2.05) is 30.3 Å². The Bertz CT molecular complexity index is 900. The highest BCUT2D eigenvalue weighted by atomic mass is 35.5. The van der Waals surface area contributed by atoms with Gasteiger partial charge in [-0.15, -0.1) is 0 Å². The van der Waals surface area contributed by atoms with Crippen LogP contribution in [0.3, 0.4) is 0 Å². The molecule has 2 fully saturated rings. The number of carbonyl (C=O) groups is 1. The summed E-state index contributed by atoms with van der Waals surface area (Å²) in [6.07, 6.45) is 6.20. The maximum atomic E-state index is 13.3. The predicted molar refractivity (Wildman–Crippen MR) is 120 cm³/mol. The molecule has 1 saturated carbocycles. The Morgan fingerprint density at radius 3 is 2.67 bits per heavy atom. The van der Waals surface area contributed by atoms with Crippen molar-refractivity contribution in [1.29, 1.82) is 0 Å². The van der Waals surface area contributed by atoms with Gasteiger partial charge in [-0.3, -0.25) is 4.79 Å². The number of rotatable bonds is 7. The van der Waals surface area contributed by atoms with E-state index in [0.29, 0.717) is 11.9 Å². The molecule has 0 aromatic heterocycles. The molecule has 3 unspecified atom stereocenters. The third kappa shape index (κ3) is 4.44. The molecule has 1 aliphatic carbocycles. The van der Waals surface area contributed by atoms with Crippen molar-refractivity contribution >= 4 is 17.5 Å². The first-order valence-corrected chi connectivity index (χ1v) is 11.3. The lowest BCUT2D eigenvalue weighted by atomic mass is 9.95. The van der Waals surface area contributed by atoms with Gasteiger partial charge in [0.15, 0.2) is 11.5 Å². The van der Waals surface area contributed by atoms with Crippen molar-refractivity contribution < 1.29 is 14.3 Å². The zero-order chi connectivity index (χ0) is 21.1. The lowest BCUT2D eigenvalue weighted by Crippen LogP contribution is -2.44. The van der Waals surface area contributed by atoms with E-state index in [-0.39, 0.29) is 11.8 Å². The summed E-state index contributed by atoms with van der Waals surface area (Å²) in [7, 11) is 3.31. The van der Waals surface area contributed by atoms with Gasteiger partial charge in [-0.1, -0.05) is 35.9 Å². The minimum atomic E-state index is 0.0894. The molecule has 30 heavy (non-hydrogen) atoms. The van der Waals surface area contributed by atoms with Gasteiger partial charge in [0.2, 0.25) is 5.91 Å². The molecule has 2 aromatic rings. The molecule has 0 spiro atoms. The van der Waals surface area contributed by atoms with Gasteiger partial charge in [0, 0.05) is 23.5 Å². The largest absolute Gasteiger partial charge is 0.493 e. The van der Waals surface area contributed by atoms with Crippen molar-refractivity contribution in [3.05, 3.63) is 58.6 Å². The van der Waals surface area contributed by atoms with E-state index in [0.717, 1.165) is 60.7 Å². The third-order valence-electron chi connectivity index (χ3n) is 6.54. The minimum Gasteiger partial charge on any atom is -0.493 e. The average Bonchev–Trinajstić information content (AvgIpc) is 3.58. The fourth-order valence-electron chi connectivity index (χ4n) is 4.76. The first-order chi connectivity index (χ1) is 14.6. The molecule has 5 heteroatoms.